The minimum absolute atomic E-state index is 0. The van der Waals surface area contributed by atoms with Gasteiger partial charge in [0.1, 0.15) is 0 Å². The first kappa shape index (κ1) is 18.0. The molecule has 20 heavy (non-hydrogen) atoms. The highest BCUT2D eigenvalue weighted by atomic mass is 127. The Morgan fingerprint density at radius 2 is 2.10 bits per heavy atom. The fourth-order valence-electron chi connectivity index (χ4n) is 3.43. The molecule has 5 heteroatoms. The molecule has 0 amide bonds. The van der Waals surface area contributed by atoms with Gasteiger partial charge in [-0.05, 0) is 19.8 Å². The summed E-state index contributed by atoms with van der Waals surface area (Å²) in [6.07, 6.45) is 3.96. The van der Waals surface area contributed by atoms with Gasteiger partial charge in [0.05, 0.1) is 6.10 Å². The third kappa shape index (κ3) is 3.59. The van der Waals surface area contributed by atoms with Crippen molar-refractivity contribution in [2.24, 2.45) is 16.3 Å². The van der Waals surface area contributed by atoms with Crippen molar-refractivity contribution >= 4 is 29.9 Å². The summed E-state index contributed by atoms with van der Waals surface area (Å²) in [7, 11) is 0. The number of guanidine groups is 1. The second-order valence-corrected chi connectivity index (χ2v) is 6.30. The first-order valence-electron chi connectivity index (χ1n) is 7.77. The van der Waals surface area contributed by atoms with Crippen LogP contribution in [0.1, 0.15) is 47.0 Å². The lowest BCUT2D eigenvalue weighted by Gasteiger charge is -2.54. The summed E-state index contributed by atoms with van der Waals surface area (Å²) in [5.41, 5.74) is 0.210. The molecular formula is C15H30IN3O. The quantitative estimate of drug-likeness (QED) is 0.326. The number of aliphatic imine (C=N–C) groups is 1. The predicted octanol–water partition coefficient (Wildman–Crippen LogP) is 2.77. The molecule has 0 bridgehead atoms. The second kappa shape index (κ2) is 7.82. The normalized spacial score (nSPS) is 31.0. The van der Waals surface area contributed by atoms with E-state index in [0.29, 0.717) is 18.1 Å². The highest BCUT2D eigenvalue weighted by Crippen LogP contribution is 2.51. The highest BCUT2D eigenvalue weighted by molar-refractivity contribution is 14.0. The van der Waals surface area contributed by atoms with E-state index in [9.17, 15) is 0 Å². The van der Waals surface area contributed by atoms with Crippen LogP contribution in [0.2, 0.25) is 0 Å². The van der Waals surface area contributed by atoms with Crippen LogP contribution in [-0.4, -0.2) is 37.8 Å². The summed E-state index contributed by atoms with van der Waals surface area (Å²) < 4.78 is 5.84. The van der Waals surface area contributed by atoms with Gasteiger partial charge in [0.2, 0.25) is 0 Å². The summed E-state index contributed by atoms with van der Waals surface area (Å²) in [5.74, 6) is 1.63. The van der Waals surface area contributed by atoms with Crippen molar-refractivity contribution in [3.05, 3.63) is 0 Å². The van der Waals surface area contributed by atoms with Gasteiger partial charge in [-0.2, -0.15) is 0 Å². The average Bonchev–Trinajstić information content (AvgIpc) is 2.82. The van der Waals surface area contributed by atoms with Crippen molar-refractivity contribution < 1.29 is 4.74 Å². The second-order valence-electron chi connectivity index (χ2n) is 6.30. The highest BCUT2D eigenvalue weighted by Gasteiger charge is 2.59. The number of nitrogens with zero attached hydrogens (tertiary/aromatic N) is 1. The molecule has 118 valence electrons. The molecular weight excluding hydrogens is 365 g/mol. The van der Waals surface area contributed by atoms with Crippen molar-refractivity contribution in [1.82, 2.24) is 10.6 Å². The molecule has 4 nitrogen and oxygen atoms in total. The van der Waals surface area contributed by atoms with Crippen LogP contribution in [-0.2, 0) is 4.74 Å². The molecule has 1 heterocycles. The lowest BCUT2D eigenvalue weighted by atomic mass is 9.57. The summed E-state index contributed by atoms with van der Waals surface area (Å²) in [6.45, 7) is 11.6. The molecule has 3 atom stereocenters. The van der Waals surface area contributed by atoms with Gasteiger partial charge >= 0.3 is 0 Å². The van der Waals surface area contributed by atoms with E-state index in [1.165, 1.54) is 12.8 Å². The number of fused-ring (bicyclic) bond motifs is 1. The summed E-state index contributed by atoms with van der Waals surface area (Å²) >= 11 is 0. The largest absolute Gasteiger partial charge is 0.377 e. The minimum atomic E-state index is 0. The minimum Gasteiger partial charge on any atom is -0.377 e. The Balaban J connectivity index is 0.00000200. The zero-order chi connectivity index (χ0) is 13.9. The summed E-state index contributed by atoms with van der Waals surface area (Å²) in [4.78, 5) is 4.66. The Hall–Kier alpha value is -0.0400. The maximum Gasteiger partial charge on any atom is 0.191 e. The van der Waals surface area contributed by atoms with E-state index in [4.69, 9.17) is 4.74 Å². The van der Waals surface area contributed by atoms with Crippen molar-refractivity contribution in [2.75, 3.05) is 19.7 Å². The first-order valence-corrected chi connectivity index (χ1v) is 7.77. The van der Waals surface area contributed by atoms with Crippen LogP contribution in [0.3, 0.4) is 0 Å². The van der Waals surface area contributed by atoms with Crippen LogP contribution in [0.15, 0.2) is 4.99 Å². The standard InChI is InChI=1S/C15H29N3O.HI/c1-5-7-9-17-14(16-6-2)18-12-11-8-10-19-13(11)15(12,3)4;/h11-13H,5-10H2,1-4H3,(H2,16,17,18);1H. The molecule has 2 fully saturated rings. The Labute approximate surface area is 140 Å². The molecule has 2 aliphatic rings. The van der Waals surface area contributed by atoms with Gasteiger partial charge in [-0.3, -0.25) is 4.99 Å². The molecule has 1 aliphatic heterocycles. The Morgan fingerprint density at radius 3 is 2.75 bits per heavy atom. The van der Waals surface area contributed by atoms with E-state index >= 15 is 0 Å². The fraction of sp³-hybridized carbons (Fsp3) is 0.933. The number of ether oxygens (including phenoxy) is 1. The van der Waals surface area contributed by atoms with Gasteiger partial charge in [-0.15, -0.1) is 24.0 Å². The molecule has 1 saturated carbocycles. The van der Waals surface area contributed by atoms with Crippen molar-refractivity contribution in [3.63, 3.8) is 0 Å². The third-order valence-corrected chi connectivity index (χ3v) is 4.52. The van der Waals surface area contributed by atoms with Gasteiger partial charge in [-0.1, -0.05) is 27.2 Å². The van der Waals surface area contributed by atoms with Crippen LogP contribution in [0.25, 0.3) is 0 Å². The lowest BCUT2D eigenvalue weighted by molar-refractivity contribution is -0.106. The van der Waals surface area contributed by atoms with Crippen molar-refractivity contribution in [1.29, 1.82) is 0 Å². The third-order valence-electron chi connectivity index (χ3n) is 4.52. The van der Waals surface area contributed by atoms with Crippen LogP contribution in [0.5, 0.6) is 0 Å². The number of rotatable bonds is 5. The zero-order valence-corrected chi connectivity index (χ0v) is 15.6. The Morgan fingerprint density at radius 1 is 1.35 bits per heavy atom. The number of halogens is 1. The zero-order valence-electron chi connectivity index (χ0n) is 13.2. The number of nitrogens with one attached hydrogen (secondary N) is 2. The van der Waals surface area contributed by atoms with E-state index in [-0.39, 0.29) is 29.4 Å². The Kier molecular flexibility index (Phi) is 7.04. The van der Waals surface area contributed by atoms with Crippen molar-refractivity contribution in [3.8, 4) is 0 Å². The van der Waals surface area contributed by atoms with Crippen LogP contribution in [0, 0.1) is 11.3 Å². The van der Waals surface area contributed by atoms with Crippen LogP contribution < -0.4 is 10.6 Å². The van der Waals surface area contributed by atoms with E-state index in [1.807, 2.05) is 0 Å². The number of unbranched alkanes of at least 4 members (excludes halogenated alkanes) is 1. The Bertz CT molecular complexity index is 333. The van der Waals surface area contributed by atoms with Gasteiger partial charge in [0, 0.05) is 37.1 Å². The molecule has 1 aliphatic carbocycles. The molecule has 0 aromatic heterocycles. The molecule has 0 radical (unpaired) electrons. The molecule has 0 aromatic carbocycles. The number of hydrogen-bond acceptors (Lipinski definition) is 2. The SMILES string of the molecule is CCCCN=C(NCC)NC1C2CCOC2C1(C)C.I. The topological polar surface area (TPSA) is 45.7 Å². The lowest BCUT2D eigenvalue weighted by Crippen LogP contribution is -2.67. The fourth-order valence-corrected chi connectivity index (χ4v) is 3.43. The van der Waals surface area contributed by atoms with E-state index in [1.54, 1.807) is 0 Å². The number of hydrogen-bond donors (Lipinski definition) is 2. The maximum absolute atomic E-state index is 5.84. The molecule has 2 N–H and O–H groups in total. The predicted molar refractivity (Wildman–Crippen MR) is 94.9 cm³/mol. The molecule has 3 unspecified atom stereocenters. The van der Waals surface area contributed by atoms with Crippen molar-refractivity contribution in [2.45, 2.75) is 59.1 Å². The summed E-state index contributed by atoms with van der Waals surface area (Å²) in [6, 6.07) is 0.486. The van der Waals surface area contributed by atoms with Crippen LogP contribution >= 0.6 is 24.0 Å². The van der Waals surface area contributed by atoms with E-state index in [0.717, 1.165) is 32.1 Å². The smallest absolute Gasteiger partial charge is 0.191 e. The molecule has 2 rings (SSSR count). The molecule has 0 aromatic rings. The molecule has 1 saturated heterocycles. The van der Waals surface area contributed by atoms with Crippen LogP contribution in [0.4, 0.5) is 0 Å². The van der Waals surface area contributed by atoms with Gasteiger partial charge in [0.25, 0.3) is 0 Å². The maximum atomic E-state index is 5.84. The first-order chi connectivity index (χ1) is 9.11. The van der Waals surface area contributed by atoms with Gasteiger partial charge in [0.15, 0.2) is 5.96 Å². The summed E-state index contributed by atoms with van der Waals surface area (Å²) in [5, 5.41) is 6.99. The van der Waals surface area contributed by atoms with Gasteiger partial charge in [-0.25, -0.2) is 0 Å². The van der Waals surface area contributed by atoms with E-state index in [2.05, 4.69) is 43.3 Å². The monoisotopic (exact) mass is 395 g/mol. The average molecular weight is 395 g/mol. The van der Waals surface area contributed by atoms with E-state index < -0.39 is 0 Å². The molecule has 0 spiro atoms. The van der Waals surface area contributed by atoms with Gasteiger partial charge < -0.3 is 15.4 Å².